The maximum absolute atomic E-state index is 12.8. The summed E-state index contributed by atoms with van der Waals surface area (Å²) in [6.45, 7) is 3.73. The van der Waals surface area contributed by atoms with Gasteiger partial charge < -0.3 is 20.7 Å². The minimum atomic E-state index is -0.798. The van der Waals surface area contributed by atoms with Gasteiger partial charge in [0.05, 0.1) is 18.2 Å². The molecule has 1 fully saturated rings. The minimum Gasteiger partial charge on any atom is -0.477 e. The lowest BCUT2D eigenvalue weighted by Gasteiger charge is -2.35. The van der Waals surface area contributed by atoms with E-state index in [1.165, 1.54) is 0 Å². The van der Waals surface area contributed by atoms with Crippen LogP contribution in [0.5, 0.6) is 5.75 Å². The summed E-state index contributed by atoms with van der Waals surface area (Å²) in [6.07, 6.45) is -0.798. The van der Waals surface area contributed by atoms with Crippen molar-refractivity contribution < 1.29 is 14.3 Å². The van der Waals surface area contributed by atoms with Gasteiger partial charge in [-0.15, -0.1) is 0 Å². The number of para-hydroxylation sites is 2. The number of hydrogen-bond acceptors (Lipinski definition) is 4. The van der Waals surface area contributed by atoms with E-state index in [-0.39, 0.29) is 24.3 Å². The molecule has 2 aliphatic heterocycles. The molecule has 0 aliphatic carbocycles. The molecule has 2 amide bonds. The van der Waals surface area contributed by atoms with Crippen molar-refractivity contribution in [3.05, 3.63) is 24.3 Å². The third kappa shape index (κ3) is 2.47. The van der Waals surface area contributed by atoms with Crippen LogP contribution in [-0.4, -0.2) is 37.6 Å². The summed E-state index contributed by atoms with van der Waals surface area (Å²) in [7, 11) is 0. The standard InChI is InChI=1S/C15H19N3O3/c1-9-6-17-7-10(9)15(20)18-8-13(14(16)19)21-12-5-3-2-4-11(12)18/h2-5,9-10,13,17H,6-8H2,1H3,(H2,16,19)/t9-,10-,13?/m1/s1. The molecule has 0 saturated carbocycles. The van der Waals surface area contributed by atoms with Crippen molar-refractivity contribution in [2.24, 2.45) is 17.6 Å². The maximum Gasteiger partial charge on any atom is 0.260 e. The number of primary amides is 1. The van der Waals surface area contributed by atoms with Gasteiger partial charge in [-0.3, -0.25) is 9.59 Å². The fourth-order valence-electron chi connectivity index (χ4n) is 2.93. The summed E-state index contributed by atoms with van der Waals surface area (Å²) in [6, 6.07) is 7.24. The van der Waals surface area contributed by atoms with Crippen molar-refractivity contribution in [2.45, 2.75) is 13.0 Å². The zero-order chi connectivity index (χ0) is 15.0. The van der Waals surface area contributed by atoms with Gasteiger partial charge >= 0.3 is 0 Å². The highest BCUT2D eigenvalue weighted by atomic mass is 16.5. The highest BCUT2D eigenvalue weighted by molar-refractivity contribution is 5.98. The third-order valence-electron chi connectivity index (χ3n) is 4.19. The molecule has 1 aromatic rings. The first-order chi connectivity index (χ1) is 10.1. The third-order valence-corrected chi connectivity index (χ3v) is 4.19. The Morgan fingerprint density at radius 2 is 2.10 bits per heavy atom. The number of nitrogens with one attached hydrogen (secondary N) is 1. The number of anilines is 1. The molecule has 0 radical (unpaired) electrons. The van der Waals surface area contributed by atoms with Crippen molar-refractivity contribution in [3.63, 3.8) is 0 Å². The number of carbonyl (C=O) groups excluding carboxylic acids is 2. The Morgan fingerprint density at radius 3 is 2.76 bits per heavy atom. The second-order valence-corrected chi connectivity index (χ2v) is 5.67. The van der Waals surface area contributed by atoms with Crippen LogP contribution in [-0.2, 0) is 9.59 Å². The van der Waals surface area contributed by atoms with E-state index in [0.717, 1.165) is 6.54 Å². The average molecular weight is 289 g/mol. The van der Waals surface area contributed by atoms with Crippen molar-refractivity contribution in [3.8, 4) is 5.75 Å². The molecule has 2 aliphatic rings. The quantitative estimate of drug-likeness (QED) is 0.810. The van der Waals surface area contributed by atoms with Crippen LogP contribution in [0.2, 0.25) is 0 Å². The molecular formula is C15H19N3O3. The second-order valence-electron chi connectivity index (χ2n) is 5.67. The summed E-state index contributed by atoms with van der Waals surface area (Å²) in [5, 5.41) is 3.23. The Bertz CT molecular complexity index is 575. The molecule has 3 rings (SSSR count). The summed E-state index contributed by atoms with van der Waals surface area (Å²) in [4.78, 5) is 25.9. The molecule has 21 heavy (non-hydrogen) atoms. The lowest BCUT2D eigenvalue weighted by Crippen LogP contribution is -2.51. The van der Waals surface area contributed by atoms with Crippen LogP contribution < -0.4 is 20.7 Å². The lowest BCUT2D eigenvalue weighted by atomic mass is 9.95. The van der Waals surface area contributed by atoms with Crippen LogP contribution in [0.3, 0.4) is 0 Å². The van der Waals surface area contributed by atoms with Crippen LogP contribution >= 0.6 is 0 Å². The first-order valence-electron chi connectivity index (χ1n) is 7.15. The Hall–Kier alpha value is -2.08. The highest BCUT2D eigenvalue weighted by Gasteiger charge is 2.38. The number of nitrogens with zero attached hydrogens (tertiary/aromatic N) is 1. The summed E-state index contributed by atoms with van der Waals surface area (Å²) in [5.74, 6) is 0.193. The molecule has 6 heteroatoms. The van der Waals surface area contributed by atoms with Crippen LogP contribution in [0.15, 0.2) is 24.3 Å². The lowest BCUT2D eigenvalue weighted by molar-refractivity contribution is -0.126. The SMILES string of the molecule is C[C@@H]1CNC[C@H]1C(=O)N1CC(C(N)=O)Oc2ccccc21. The molecular weight excluding hydrogens is 270 g/mol. The molecule has 112 valence electrons. The number of fused-ring (bicyclic) bond motifs is 1. The smallest absolute Gasteiger partial charge is 0.260 e. The van der Waals surface area contributed by atoms with E-state index in [4.69, 9.17) is 10.5 Å². The molecule has 0 spiro atoms. The Kier molecular flexibility index (Phi) is 3.55. The molecule has 3 N–H and O–H groups in total. The largest absolute Gasteiger partial charge is 0.477 e. The predicted octanol–water partition coefficient (Wildman–Crippen LogP) is 0.121. The molecule has 3 atom stereocenters. The summed E-state index contributed by atoms with van der Waals surface area (Å²) >= 11 is 0. The molecule has 2 heterocycles. The number of rotatable bonds is 2. The van der Waals surface area contributed by atoms with Crippen molar-refractivity contribution >= 4 is 17.5 Å². The van der Waals surface area contributed by atoms with E-state index < -0.39 is 12.0 Å². The van der Waals surface area contributed by atoms with Crippen LogP contribution in [0.1, 0.15) is 6.92 Å². The first-order valence-corrected chi connectivity index (χ1v) is 7.15. The number of hydrogen-bond donors (Lipinski definition) is 2. The fourth-order valence-corrected chi connectivity index (χ4v) is 2.93. The minimum absolute atomic E-state index is 0.0227. The average Bonchev–Trinajstić information content (AvgIpc) is 2.91. The molecule has 0 aromatic heterocycles. The molecule has 1 unspecified atom stereocenters. The van der Waals surface area contributed by atoms with E-state index in [9.17, 15) is 9.59 Å². The van der Waals surface area contributed by atoms with Gasteiger partial charge in [-0.25, -0.2) is 0 Å². The Morgan fingerprint density at radius 1 is 1.33 bits per heavy atom. The van der Waals surface area contributed by atoms with E-state index in [0.29, 0.717) is 18.0 Å². The topological polar surface area (TPSA) is 84.7 Å². The van der Waals surface area contributed by atoms with E-state index in [1.807, 2.05) is 18.2 Å². The van der Waals surface area contributed by atoms with Crippen molar-refractivity contribution in [2.75, 3.05) is 24.5 Å². The maximum atomic E-state index is 12.8. The number of benzene rings is 1. The summed E-state index contributed by atoms with van der Waals surface area (Å²) in [5.41, 5.74) is 6.06. The second kappa shape index (κ2) is 5.37. The fraction of sp³-hybridized carbons (Fsp3) is 0.467. The van der Waals surface area contributed by atoms with Gasteiger partial charge in [0.2, 0.25) is 5.91 Å². The zero-order valence-electron chi connectivity index (χ0n) is 11.9. The molecule has 0 bridgehead atoms. The van der Waals surface area contributed by atoms with Crippen molar-refractivity contribution in [1.82, 2.24) is 5.32 Å². The molecule has 1 aromatic carbocycles. The van der Waals surface area contributed by atoms with Crippen molar-refractivity contribution in [1.29, 1.82) is 0 Å². The number of amides is 2. The molecule has 6 nitrogen and oxygen atoms in total. The van der Waals surface area contributed by atoms with Gasteiger partial charge in [-0.2, -0.15) is 0 Å². The Labute approximate surface area is 123 Å². The predicted molar refractivity (Wildman–Crippen MR) is 77.9 cm³/mol. The first kappa shape index (κ1) is 13.9. The van der Waals surface area contributed by atoms with Crippen LogP contribution in [0, 0.1) is 11.8 Å². The summed E-state index contributed by atoms with van der Waals surface area (Å²) < 4.78 is 5.58. The van der Waals surface area contributed by atoms with Gasteiger partial charge in [-0.1, -0.05) is 19.1 Å². The van der Waals surface area contributed by atoms with Crippen LogP contribution in [0.4, 0.5) is 5.69 Å². The molecule has 1 saturated heterocycles. The van der Waals surface area contributed by atoms with Gasteiger partial charge in [0.1, 0.15) is 5.75 Å². The van der Waals surface area contributed by atoms with E-state index >= 15 is 0 Å². The van der Waals surface area contributed by atoms with Crippen LogP contribution in [0.25, 0.3) is 0 Å². The normalized spacial score (nSPS) is 27.9. The van der Waals surface area contributed by atoms with Gasteiger partial charge in [0.25, 0.3) is 5.91 Å². The van der Waals surface area contributed by atoms with E-state index in [2.05, 4.69) is 12.2 Å². The number of carbonyl (C=O) groups is 2. The van der Waals surface area contributed by atoms with E-state index in [1.54, 1.807) is 11.0 Å². The zero-order valence-corrected chi connectivity index (χ0v) is 11.9. The van der Waals surface area contributed by atoms with Gasteiger partial charge in [0, 0.05) is 6.54 Å². The number of ether oxygens (including phenoxy) is 1. The monoisotopic (exact) mass is 289 g/mol. The Balaban J connectivity index is 1.92. The number of nitrogens with two attached hydrogens (primary N) is 1. The van der Waals surface area contributed by atoms with Gasteiger partial charge in [-0.05, 0) is 24.6 Å². The van der Waals surface area contributed by atoms with Gasteiger partial charge in [0.15, 0.2) is 6.10 Å². The highest BCUT2D eigenvalue weighted by Crippen LogP contribution is 2.35.